The maximum Gasteiger partial charge on any atom is 0.242 e. The van der Waals surface area contributed by atoms with E-state index in [0.29, 0.717) is 12.1 Å². The molecule has 0 radical (unpaired) electrons. The van der Waals surface area contributed by atoms with Crippen LogP contribution in [0, 0.1) is 5.41 Å². The molecule has 20 heavy (non-hydrogen) atoms. The fourth-order valence-corrected chi connectivity index (χ4v) is 2.58. The monoisotopic (exact) mass is 298 g/mol. The van der Waals surface area contributed by atoms with Crippen LogP contribution in [0.5, 0.6) is 0 Å². The summed E-state index contributed by atoms with van der Waals surface area (Å²) < 4.78 is 25.2. The molecule has 0 bridgehead atoms. The van der Waals surface area contributed by atoms with Crippen molar-refractivity contribution in [2.45, 2.75) is 32.1 Å². The Morgan fingerprint density at radius 1 is 1.25 bits per heavy atom. The number of anilines is 1. The third-order valence-electron chi connectivity index (χ3n) is 2.59. The van der Waals surface area contributed by atoms with Crippen molar-refractivity contribution in [1.82, 2.24) is 4.31 Å². The maximum atomic E-state index is 12.0. The summed E-state index contributed by atoms with van der Waals surface area (Å²) in [5.74, 6) is -0.128. The van der Waals surface area contributed by atoms with Gasteiger partial charge in [-0.05, 0) is 23.6 Å². The fraction of sp³-hybridized carbons (Fsp3) is 0.500. The van der Waals surface area contributed by atoms with Crippen molar-refractivity contribution < 1.29 is 13.2 Å². The smallest absolute Gasteiger partial charge is 0.242 e. The molecule has 1 aromatic rings. The molecule has 1 aromatic carbocycles. The van der Waals surface area contributed by atoms with E-state index in [-0.39, 0.29) is 16.2 Å². The SMILES string of the molecule is CN(C)S(=O)(=O)c1cccc(NC(=O)CC(C)(C)C)c1. The molecule has 0 unspecified atom stereocenters. The van der Waals surface area contributed by atoms with Gasteiger partial charge in [-0.3, -0.25) is 4.79 Å². The minimum absolute atomic E-state index is 0.114. The number of hydrogen-bond donors (Lipinski definition) is 1. The molecular weight excluding hydrogens is 276 g/mol. The van der Waals surface area contributed by atoms with Crippen LogP contribution in [0.3, 0.4) is 0 Å². The molecular formula is C14H22N2O3S. The molecule has 1 amide bonds. The van der Waals surface area contributed by atoms with Crippen LogP contribution < -0.4 is 5.32 Å². The molecule has 0 atom stereocenters. The number of hydrogen-bond acceptors (Lipinski definition) is 3. The molecule has 0 aliphatic heterocycles. The van der Waals surface area contributed by atoms with Crippen LogP contribution >= 0.6 is 0 Å². The van der Waals surface area contributed by atoms with Gasteiger partial charge in [0.15, 0.2) is 0 Å². The standard InChI is InChI=1S/C14H22N2O3S/c1-14(2,3)10-13(17)15-11-7-6-8-12(9-11)20(18,19)16(4)5/h6-9H,10H2,1-5H3,(H,15,17). The van der Waals surface area contributed by atoms with Crippen molar-refractivity contribution in [2.75, 3.05) is 19.4 Å². The Bertz CT molecular complexity index is 587. The predicted molar refractivity (Wildman–Crippen MR) is 80.0 cm³/mol. The van der Waals surface area contributed by atoms with Gasteiger partial charge in [-0.2, -0.15) is 0 Å². The lowest BCUT2D eigenvalue weighted by Gasteiger charge is -2.17. The number of nitrogens with one attached hydrogen (secondary N) is 1. The highest BCUT2D eigenvalue weighted by Gasteiger charge is 2.19. The number of amides is 1. The summed E-state index contributed by atoms with van der Waals surface area (Å²) in [5.41, 5.74) is 0.374. The molecule has 0 saturated carbocycles. The lowest BCUT2D eigenvalue weighted by Crippen LogP contribution is -2.23. The third kappa shape index (κ3) is 4.61. The van der Waals surface area contributed by atoms with Gasteiger partial charge in [0.2, 0.25) is 15.9 Å². The molecule has 0 fully saturated rings. The molecule has 0 saturated heterocycles. The number of sulfonamides is 1. The molecule has 112 valence electrons. The average Bonchev–Trinajstić information content (AvgIpc) is 2.26. The van der Waals surface area contributed by atoms with Crippen molar-refractivity contribution in [3.05, 3.63) is 24.3 Å². The molecule has 0 spiro atoms. The Morgan fingerprint density at radius 2 is 1.85 bits per heavy atom. The summed E-state index contributed by atoms with van der Waals surface area (Å²) >= 11 is 0. The van der Waals surface area contributed by atoms with Crippen molar-refractivity contribution in [3.8, 4) is 0 Å². The highest BCUT2D eigenvalue weighted by Crippen LogP contribution is 2.21. The van der Waals surface area contributed by atoms with Gasteiger partial charge in [0.1, 0.15) is 0 Å². The van der Waals surface area contributed by atoms with Gasteiger partial charge in [-0.25, -0.2) is 12.7 Å². The second-order valence-electron chi connectivity index (χ2n) is 6.10. The van der Waals surface area contributed by atoms with Crippen LogP contribution in [-0.4, -0.2) is 32.7 Å². The average molecular weight is 298 g/mol. The van der Waals surface area contributed by atoms with Gasteiger partial charge in [0.05, 0.1) is 4.90 Å². The zero-order valence-electron chi connectivity index (χ0n) is 12.6. The van der Waals surface area contributed by atoms with Crippen molar-refractivity contribution in [3.63, 3.8) is 0 Å². The van der Waals surface area contributed by atoms with Crippen LogP contribution in [0.4, 0.5) is 5.69 Å². The first-order valence-corrected chi connectivity index (χ1v) is 7.79. The van der Waals surface area contributed by atoms with E-state index in [1.54, 1.807) is 12.1 Å². The molecule has 5 nitrogen and oxygen atoms in total. The molecule has 1 N–H and O–H groups in total. The van der Waals surface area contributed by atoms with E-state index in [1.165, 1.54) is 26.2 Å². The quantitative estimate of drug-likeness (QED) is 0.927. The first-order chi connectivity index (χ1) is 9.02. The van der Waals surface area contributed by atoms with E-state index in [1.807, 2.05) is 20.8 Å². The Morgan fingerprint density at radius 3 is 2.35 bits per heavy atom. The number of rotatable bonds is 4. The van der Waals surface area contributed by atoms with Gasteiger partial charge < -0.3 is 5.32 Å². The van der Waals surface area contributed by atoms with Gasteiger partial charge in [0.25, 0.3) is 0 Å². The second kappa shape index (κ2) is 5.93. The molecule has 0 aliphatic carbocycles. The normalized spacial score (nSPS) is 12.5. The minimum atomic E-state index is -3.49. The van der Waals surface area contributed by atoms with Crippen molar-refractivity contribution in [1.29, 1.82) is 0 Å². The topological polar surface area (TPSA) is 66.5 Å². The highest BCUT2D eigenvalue weighted by atomic mass is 32.2. The Labute approximate surface area is 121 Å². The van der Waals surface area contributed by atoms with Crippen molar-refractivity contribution >= 4 is 21.6 Å². The maximum absolute atomic E-state index is 12.0. The number of carbonyl (C=O) groups is 1. The van der Waals surface area contributed by atoms with Crippen LogP contribution in [0.2, 0.25) is 0 Å². The predicted octanol–water partition coefficient (Wildman–Crippen LogP) is 2.31. The van der Waals surface area contributed by atoms with Crippen LogP contribution in [-0.2, 0) is 14.8 Å². The lowest BCUT2D eigenvalue weighted by molar-refractivity contribution is -0.117. The Kier molecular flexibility index (Phi) is 4.94. The van der Waals surface area contributed by atoms with E-state index >= 15 is 0 Å². The summed E-state index contributed by atoms with van der Waals surface area (Å²) in [7, 11) is -0.543. The van der Waals surface area contributed by atoms with E-state index in [9.17, 15) is 13.2 Å². The molecule has 0 aromatic heterocycles. The lowest BCUT2D eigenvalue weighted by atomic mass is 9.92. The van der Waals surface area contributed by atoms with Gasteiger partial charge in [-0.1, -0.05) is 26.8 Å². The largest absolute Gasteiger partial charge is 0.326 e. The van der Waals surface area contributed by atoms with Crippen LogP contribution in [0.15, 0.2) is 29.2 Å². The number of carbonyl (C=O) groups excluding carboxylic acids is 1. The van der Waals surface area contributed by atoms with E-state index in [4.69, 9.17) is 0 Å². The first-order valence-electron chi connectivity index (χ1n) is 6.35. The van der Waals surface area contributed by atoms with Crippen molar-refractivity contribution in [2.24, 2.45) is 5.41 Å². The molecule has 0 heterocycles. The van der Waals surface area contributed by atoms with Crippen LogP contribution in [0.25, 0.3) is 0 Å². The van der Waals surface area contributed by atoms with Gasteiger partial charge in [0, 0.05) is 26.2 Å². The van der Waals surface area contributed by atoms with E-state index in [0.717, 1.165) is 4.31 Å². The van der Waals surface area contributed by atoms with E-state index < -0.39 is 10.0 Å². The Hall–Kier alpha value is -1.40. The molecule has 6 heteroatoms. The second-order valence-corrected chi connectivity index (χ2v) is 8.25. The highest BCUT2D eigenvalue weighted by molar-refractivity contribution is 7.89. The molecule has 0 aliphatic rings. The summed E-state index contributed by atoms with van der Waals surface area (Å²) in [4.78, 5) is 12.0. The summed E-state index contributed by atoms with van der Waals surface area (Å²) in [6, 6.07) is 6.27. The molecule has 1 rings (SSSR count). The zero-order chi connectivity index (χ0) is 15.6. The van der Waals surface area contributed by atoms with Crippen LogP contribution in [0.1, 0.15) is 27.2 Å². The first kappa shape index (κ1) is 16.7. The minimum Gasteiger partial charge on any atom is -0.326 e. The summed E-state index contributed by atoms with van der Waals surface area (Å²) in [6.07, 6.45) is 0.373. The Balaban J connectivity index is 2.93. The number of nitrogens with zero attached hydrogens (tertiary/aromatic N) is 1. The van der Waals surface area contributed by atoms with Gasteiger partial charge >= 0.3 is 0 Å². The number of benzene rings is 1. The van der Waals surface area contributed by atoms with Gasteiger partial charge in [-0.15, -0.1) is 0 Å². The third-order valence-corrected chi connectivity index (χ3v) is 4.40. The zero-order valence-corrected chi connectivity index (χ0v) is 13.4. The summed E-state index contributed by atoms with van der Waals surface area (Å²) in [6.45, 7) is 5.92. The fourth-order valence-electron chi connectivity index (χ4n) is 1.63. The van der Waals surface area contributed by atoms with E-state index in [2.05, 4.69) is 5.32 Å². The summed E-state index contributed by atoms with van der Waals surface area (Å²) in [5, 5.41) is 2.73.